The molecule has 0 saturated carbocycles. The molecule has 4 aromatic rings. The number of nitrogens with zero attached hydrogens (tertiary/aromatic N) is 2. The molecule has 2 aliphatic rings. The fourth-order valence-corrected chi connectivity index (χ4v) is 9.58. The van der Waals surface area contributed by atoms with E-state index >= 15 is 0 Å². The SMILES string of the molecule is CC(C)CN(CC[C@H](Cc1ccc(OCP(=O)(OCc2ccccc2)OCc2ccccc2)cc1)NC(=O)O[C@H]1CO[C@H]2OCC[C@H]21)S(=O)(=O)c1ccc(C#N)cc1. The van der Waals surface area contributed by atoms with Gasteiger partial charge in [0.25, 0.3) is 0 Å². The zero-order valence-corrected chi connectivity index (χ0v) is 34.4. The van der Waals surface area contributed by atoms with Crippen LogP contribution in [0.2, 0.25) is 0 Å². The molecule has 6 rings (SSSR count). The number of carbonyl (C=O) groups excluding carboxylic acids is 1. The monoisotopic (exact) mass is 831 g/mol. The van der Waals surface area contributed by atoms with Crippen LogP contribution in [0.1, 0.15) is 48.9 Å². The summed E-state index contributed by atoms with van der Waals surface area (Å²) in [5.74, 6) is 0.410. The predicted molar refractivity (Wildman–Crippen MR) is 216 cm³/mol. The summed E-state index contributed by atoms with van der Waals surface area (Å²) in [6.07, 6.45) is -0.443. The van der Waals surface area contributed by atoms with E-state index in [9.17, 15) is 23.0 Å². The van der Waals surface area contributed by atoms with E-state index in [0.717, 1.165) is 23.1 Å². The number of nitriles is 1. The lowest BCUT2D eigenvalue weighted by Gasteiger charge is -2.27. The van der Waals surface area contributed by atoms with Gasteiger partial charge in [0.15, 0.2) is 12.6 Å². The van der Waals surface area contributed by atoms with Gasteiger partial charge in [-0.25, -0.2) is 13.2 Å². The number of nitrogens with one attached hydrogen (secondary N) is 1. The number of ether oxygens (including phenoxy) is 4. The van der Waals surface area contributed by atoms with Gasteiger partial charge in [0, 0.05) is 19.1 Å². The molecule has 15 heteroatoms. The van der Waals surface area contributed by atoms with Crippen molar-refractivity contribution >= 4 is 23.7 Å². The van der Waals surface area contributed by atoms with Crippen molar-refractivity contribution in [1.82, 2.24) is 9.62 Å². The van der Waals surface area contributed by atoms with E-state index < -0.39 is 35.9 Å². The quantitative estimate of drug-likeness (QED) is 0.0871. The first kappa shape index (κ1) is 43.0. The van der Waals surface area contributed by atoms with Gasteiger partial charge in [-0.15, -0.1) is 0 Å². The van der Waals surface area contributed by atoms with Gasteiger partial charge >= 0.3 is 13.7 Å². The molecule has 1 N–H and O–H groups in total. The van der Waals surface area contributed by atoms with Crippen LogP contribution >= 0.6 is 7.60 Å². The highest BCUT2D eigenvalue weighted by Crippen LogP contribution is 2.50. The first-order valence-electron chi connectivity index (χ1n) is 19.4. The molecule has 13 nitrogen and oxygen atoms in total. The van der Waals surface area contributed by atoms with Gasteiger partial charge in [0.05, 0.1) is 48.9 Å². The Balaban J connectivity index is 1.13. The molecular weight excluding hydrogens is 782 g/mol. The van der Waals surface area contributed by atoms with Crippen molar-refractivity contribution in [2.45, 2.75) is 69.7 Å². The summed E-state index contributed by atoms with van der Waals surface area (Å²) in [6, 6.07) is 33.3. The second-order valence-electron chi connectivity index (χ2n) is 14.7. The molecule has 0 unspecified atom stereocenters. The maximum Gasteiger partial charge on any atom is 0.407 e. The number of carbonyl (C=O) groups is 1. The highest BCUT2D eigenvalue weighted by Gasteiger charge is 2.44. The zero-order valence-electron chi connectivity index (χ0n) is 32.7. The summed E-state index contributed by atoms with van der Waals surface area (Å²) in [5.41, 5.74) is 2.88. The molecule has 4 atom stereocenters. The number of amides is 1. The molecule has 1 amide bonds. The predicted octanol–water partition coefficient (Wildman–Crippen LogP) is 7.66. The first-order chi connectivity index (χ1) is 28.0. The van der Waals surface area contributed by atoms with Crippen molar-refractivity contribution in [3.63, 3.8) is 0 Å². The Kier molecular flexibility index (Phi) is 15.1. The fourth-order valence-electron chi connectivity index (χ4n) is 6.74. The third-order valence-electron chi connectivity index (χ3n) is 9.82. The van der Waals surface area contributed by atoms with Gasteiger partial charge in [-0.05, 0) is 78.3 Å². The van der Waals surface area contributed by atoms with Gasteiger partial charge in [-0.1, -0.05) is 86.6 Å². The van der Waals surface area contributed by atoms with E-state index in [1.807, 2.05) is 92.7 Å². The van der Waals surface area contributed by atoms with Crippen LogP contribution in [0.25, 0.3) is 0 Å². The first-order valence-corrected chi connectivity index (χ1v) is 22.5. The number of benzene rings is 4. The largest absolute Gasteiger partial charge is 0.481 e. The van der Waals surface area contributed by atoms with Crippen LogP contribution in [0.15, 0.2) is 114 Å². The van der Waals surface area contributed by atoms with Crippen LogP contribution in [-0.4, -0.2) is 69.9 Å². The Morgan fingerprint density at radius 3 is 2.14 bits per heavy atom. The van der Waals surface area contributed by atoms with Crippen molar-refractivity contribution in [1.29, 1.82) is 5.26 Å². The second kappa shape index (κ2) is 20.4. The average Bonchev–Trinajstić information content (AvgIpc) is 3.86. The van der Waals surface area contributed by atoms with E-state index in [4.69, 9.17) is 28.0 Å². The molecule has 2 fully saturated rings. The minimum Gasteiger partial charge on any atom is -0.481 e. The molecule has 2 heterocycles. The summed E-state index contributed by atoms with van der Waals surface area (Å²) in [4.78, 5) is 13.4. The van der Waals surface area contributed by atoms with Crippen LogP contribution in [-0.2, 0) is 57.5 Å². The molecule has 0 aromatic heterocycles. The minimum atomic E-state index is -3.92. The van der Waals surface area contributed by atoms with Crippen LogP contribution in [0, 0.1) is 23.2 Å². The molecule has 0 radical (unpaired) electrons. The fraction of sp³-hybridized carbons (Fsp3) is 0.395. The van der Waals surface area contributed by atoms with Crippen LogP contribution in [0.5, 0.6) is 5.75 Å². The number of hydrogen-bond donors (Lipinski definition) is 1. The van der Waals surface area contributed by atoms with Crippen molar-refractivity contribution in [2.75, 3.05) is 32.7 Å². The number of fused-ring (bicyclic) bond motifs is 1. The van der Waals surface area contributed by atoms with Gasteiger partial charge in [-0.3, -0.25) is 4.57 Å². The number of alkyl carbamates (subject to hydrolysis) is 1. The third kappa shape index (κ3) is 12.2. The Morgan fingerprint density at radius 1 is 0.897 bits per heavy atom. The highest BCUT2D eigenvalue weighted by atomic mass is 32.2. The Hall–Kier alpha value is -4.58. The Labute approximate surface area is 340 Å². The lowest BCUT2D eigenvalue weighted by molar-refractivity contribution is -0.0907. The van der Waals surface area contributed by atoms with Crippen LogP contribution < -0.4 is 10.1 Å². The van der Waals surface area contributed by atoms with Crippen LogP contribution in [0.4, 0.5) is 4.79 Å². The van der Waals surface area contributed by atoms with Gasteiger partial charge in [-0.2, -0.15) is 9.57 Å². The smallest absolute Gasteiger partial charge is 0.407 e. The minimum absolute atomic E-state index is 0.0174. The van der Waals surface area contributed by atoms with Crippen molar-refractivity contribution in [3.8, 4) is 11.8 Å². The molecule has 4 aromatic carbocycles. The summed E-state index contributed by atoms with van der Waals surface area (Å²) >= 11 is 0. The summed E-state index contributed by atoms with van der Waals surface area (Å²) in [5, 5.41) is 12.2. The molecule has 0 spiro atoms. The summed E-state index contributed by atoms with van der Waals surface area (Å²) in [6.45, 7) is 5.17. The molecule has 308 valence electrons. The molecule has 2 saturated heterocycles. The van der Waals surface area contributed by atoms with E-state index in [1.54, 1.807) is 12.1 Å². The molecular formula is C43H50N3O10PS. The van der Waals surface area contributed by atoms with Gasteiger partial charge in [0.1, 0.15) is 11.9 Å². The lowest BCUT2D eigenvalue weighted by Crippen LogP contribution is -2.43. The van der Waals surface area contributed by atoms with E-state index in [1.165, 1.54) is 28.6 Å². The standard InChI is InChI=1S/C43H50N3O10PS/c1-32(2)27-46(58(49,50)39-19-15-34(26-44)16-20-39)23-21-37(45-43(47)56-41-30-52-42-40(41)22-24-51-42)25-33-13-17-38(18-14-33)53-31-57(48,54-28-35-9-5-3-6-10-35)55-29-36-11-7-4-8-12-36/h3-20,32,37,40-42H,21-25,27-31H2,1-2H3,(H,45,47)/t37-,40+,41+,42-/m1/s1. The Morgan fingerprint density at radius 2 is 1.53 bits per heavy atom. The number of sulfonamides is 1. The van der Waals surface area contributed by atoms with Crippen molar-refractivity contribution in [2.24, 2.45) is 11.8 Å². The number of hydrogen-bond acceptors (Lipinski definition) is 11. The number of rotatable bonds is 20. The normalized spacial score (nSPS) is 18.4. The maximum atomic E-state index is 13.9. The zero-order chi connectivity index (χ0) is 41.0. The maximum absolute atomic E-state index is 13.9. The molecule has 0 bridgehead atoms. The van der Waals surface area contributed by atoms with E-state index in [2.05, 4.69) is 5.32 Å². The van der Waals surface area contributed by atoms with E-state index in [-0.39, 0.29) is 68.7 Å². The lowest BCUT2D eigenvalue weighted by atomic mass is 10.0. The Bertz CT molecular complexity index is 2070. The molecule has 2 aliphatic heterocycles. The molecule has 0 aliphatic carbocycles. The van der Waals surface area contributed by atoms with Gasteiger partial charge in [0.2, 0.25) is 10.0 Å². The topological polar surface area (TPSA) is 163 Å². The second-order valence-corrected chi connectivity index (χ2v) is 18.7. The van der Waals surface area contributed by atoms with E-state index in [0.29, 0.717) is 24.3 Å². The highest BCUT2D eigenvalue weighted by molar-refractivity contribution is 7.89. The van der Waals surface area contributed by atoms with Crippen molar-refractivity contribution < 1.29 is 45.8 Å². The average molecular weight is 832 g/mol. The summed E-state index contributed by atoms with van der Waals surface area (Å²) < 4.78 is 77.8. The third-order valence-corrected chi connectivity index (χ3v) is 13.2. The summed E-state index contributed by atoms with van der Waals surface area (Å²) in [7, 11) is -7.64. The molecule has 58 heavy (non-hydrogen) atoms. The van der Waals surface area contributed by atoms with Gasteiger partial charge < -0.3 is 33.3 Å². The van der Waals surface area contributed by atoms with Crippen LogP contribution in [0.3, 0.4) is 0 Å². The van der Waals surface area contributed by atoms with Crippen molar-refractivity contribution in [3.05, 3.63) is 131 Å².